The number of rotatable bonds is 5. The van der Waals surface area contributed by atoms with E-state index in [1.807, 2.05) is 11.8 Å². The molecule has 0 spiro atoms. The maximum absolute atomic E-state index is 11.5. The van der Waals surface area contributed by atoms with Gasteiger partial charge >= 0.3 is 0 Å². The van der Waals surface area contributed by atoms with Gasteiger partial charge in [-0.25, -0.2) is 0 Å². The fourth-order valence-electron chi connectivity index (χ4n) is 1.32. The highest BCUT2D eigenvalue weighted by molar-refractivity contribution is 14.1. The molecule has 1 N–H and O–H groups in total. The summed E-state index contributed by atoms with van der Waals surface area (Å²) >= 11 is 4.26. The van der Waals surface area contributed by atoms with Crippen molar-refractivity contribution in [2.24, 2.45) is 5.92 Å². The molecule has 1 aliphatic rings. The number of thioether (sulfide) groups is 1. The Bertz CT molecular complexity index is 160. The van der Waals surface area contributed by atoms with E-state index in [1.54, 1.807) is 0 Å². The lowest BCUT2D eigenvalue weighted by Crippen LogP contribution is -2.31. The van der Waals surface area contributed by atoms with Gasteiger partial charge in [-0.05, 0) is 29.4 Å². The van der Waals surface area contributed by atoms with Gasteiger partial charge in [0.2, 0.25) is 5.91 Å². The molecule has 0 aromatic rings. The van der Waals surface area contributed by atoms with Crippen LogP contribution in [0.3, 0.4) is 0 Å². The lowest BCUT2D eigenvalue weighted by molar-refractivity contribution is -0.124. The molecule has 76 valence electrons. The summed E-state index contributed by atoms with van der Waals surface area (Å²) in [5, 5.41) is 3.00. The van der Waals surface area contributed by atoms with Gasteiger partial charge in [0, 0.05) is 18.2 Å². The van der Waals surface area contributed by atoms with E-state index in [-0.39, 0.29) is 5.91 Å². The molecule has 2 nitrogen and oxygen atoms in total. The number of amides is 1. The SMILES string of the molecule is O=C(NCCCCI)C1CCSC1. The third kappa shape index (κ3) is 4.54. The number of alkyl halides is 1. The van der Waals surface area contributed by atoms with Gasteiger partial charge in [0.15, 0.2) is 0 Å². The highest BCUT2D eigenvalue weighted by atomic mass is 127. The molecule has 0 aromatic carbocycles. The van der Waals surface area contributed by atoms with Gasteiger partial charge in [-0.3, -0.25) is 4.79 Å². The number of nitrogens with one attached hydrogen (secondary N) is 1. The largest absolute Gasteiger partial charge is 0.356 e. The Morgan fingerprint density at radius 1 is 1.54 bits per heavy atom. The summed E-state index contributed by atoms with van der Waals surface area (Å²) in [5.41, 5.74) is 0. The first-order chi connectivity index (χ1) is 6.34. The standard InChI is InChI=1S/C9H16INOS/c10-4-1-2-5-11-9(12)8-3-6-13-7-8/h8H,1-7H2,(H,11,12). The van der Waals surface area contributed by atoms with Gasteiger partial charge in [0.1, 0.15) is 0 Å². The van der Waals surface area contributed by atoms with Gasteiger partial charge < -0.3 is 5.32 Å². The average Bonchev–Trinajstić information content (AvgIpc) is 2.65. The molecular weight excluding hydrogens is 297 g/mol. The number of unbranched alkanes of at least 4 members (excludes halogenated alkanes) is 1. The van der Waals surface area contributed by atoms with Crippen LogP contribution in [0.4, 0.5) is 0 Å². The number of hydrogen-bond donors (Lipinski definition) is 1. The predicted octanol–water partition coefficient (Wildman–Crippen LogP) is 2.07. The van der Waals surface area contributed by atoms with E-state index >= 15 is 0 Å². The van der Waals surface area contributed by atoms with Crippen LogP contribution in [0.15, 0.2) is 0 Å². The van der Waals surface area contributed by atoms with E-state index in [0.29, 0.717) is 5.92 Å². The molecule has 0 radical (unpaired) electrons. The zero-order valence-electron chi connectivity index (χ0n) is 7.72. The maximum Gasteiger partial charge on any atom is 0.223 e. The van der Waals surface area contributed by atoms with Crippen LogP contribution < -0.4 is 5.32 Å². The topological polar surface area (TPSA) is 29.1 Å². The lowest BCUT2D eigenvalue weighted by Gasteiger charge is -2.08. The van der Waals surface area contributed by atoms with Crippen molar-refractivity contribution in [1.29, 1.82) is 0 Å². The minimum Gasteiger partial charge on any atom is -0.356 e. The molecule has 1 unspecified atom stereocenters. The molecule has 1 heterocycles. The Kier molecular flexibility index (Phi) is 6.19. The molecule has 1 fully saturated rings. The van der Waals surface area contributed by atoms with Crippen molar-refractivity contribution >= 4 is 40.3 Å². The van der Waals surface area contributed by atoms with E-state index in [0.717, 1.165) is 30.9 Å². The molecule has 1 amide bonds. The summed E-state index contributed by atoms with van der Waals surface area (Å²) in [6.45, 7) is 0.864. The van der Waals surface area contributed by atoms with Gasteiger partial charge in [-0.1, -0.05) is 22.6 Å². The minimum absolute atomic E-state index is 0.276. The smallest absolute Gasteiger partial charge is 0.223 e. The minimum atomic E-state index is 0.276. The molecule has 0 aromatic heterocycles. The van der Waals surface area contributed by atoms with Gasteiger partial charge in [-0.15, -0.1) is 0 Å². The lowest BCUT2D eigenvalue weighted by atomic mass is 10.1. The van der Waals surface area contributed by atoms with Crippen molar-refractivity contribution in [1.82, 2.24) is 5.32 Å². The zero-order chi connectivity index (χ0) is 9.52. The first-order valence-corrected chi connectivity index (χ1v) is 7.44. The zero-order valence-corrected chi connectivity index (χ0v) is 10.7. The number of carbonyl (C=O) groups excluding carboxylic acids is 1. The Balaban J connectivity index is 2.03. The van der Waals surface area contributed by atoms with Crippen LogP contribution in [0.1, 0.15) is 19.3 Å². The number of hydrogen-bond acceptors (Lipinski definition) is 2. The molecule has 1 rings (SSSR count). The summed E-state index contributed by atoms with van der Waals surface area (Å²) in [5.74, 6) is 2.76. The summed E-state index contributed by atoms with van der Waals surface area (Å²) in [4.78, 5) is 11.5. The Morgan fingerprint density at radius 3 is 3.00 bits per heavy atom. The summed E-state index contributed by atoms with van der Waals surface area (Å²) in [6.07, 6.45) is 3.40. The van der Waals surface area contributed by atoms with E-state index in [9.17, 15) is 4.79 Å². The molecule has 13 heavy (non-hydrogen) atoms. The second kappa shape index (κ2) is 6.92. The highest BCUT2D eigenvalue weighted by Gasteiger charge is 2.22. The van der Waals surface area contributed by atoms with Crippen molar-refractivity contribution < 1.29 is 4.79 Å². The predicted molar refractivity (Wildman–Crippen MR) is 66.6 cm³/mol. The molecule has 0 saturated carbocycles. The second-order valence-corrected chi connectivity index (χ2v) is 5.48. The molecule has 0 aliphatic carbocycles. The number of carbonyl (C=O) groups is 1. The molecule has 4 heteroatoms. The molecule has 1 aliphatic heterocycles. The first-order valence-electron chi connectivity index (χ1n) is 4.76. The Morgan fingerprint density at radius 2 is 2.38 bits per heavy atom. The second-order valence-electron chi connectivity index (χ2n) is 3.25. The van der Waals surface area contributed by atoms with Crippen molar-refractivity contribution in [2.75, 3.05) is 22.5 Å². The molecular formula is C9H16INOS. The van der Waals surface area contributed by atoms with Crippen molar-refractivity contribution in [2.45, 2.75) is 19.3 Å². The van der Waals surface area contributed by atoms with Gasteiger partial charge in [0.25, 0.3) is 0 Å². The highest BCUT2D eigenvalue weighted by Crippen LogP contribution is 2.23. The normalized spacial score (nSPS) is 21.8. The van der Waals surface area contributed by atoms with E-state index in [2.05, 4.69) is 27.9 Å². The quantitative estimate of drug-likeness (QED) is 0.478. The van der Waals surface area contributed by atoms with Crippen LogP contribution in [-0.4, -0.2) is 28.4 Å². The van der Waals surface area contributed by atoms with Crippen LogP contribution >= 0.6 is 34.4 Å². The van der Waals surface area contributed by atoms with Crippen molar-refractivity contribution in [3.05, 3.63) is 0 Å². The van der Waals surface area contributed by atoms with Crippen molar-refractivity contribution in [3.8, 4) is 0 Å². The van der Waals surface area contributed by atoms with Crippen LogP contribution in [0.2, 0.25) is 0 Å². The van der Waals surface area contributed by atoms with Crippen LogP contribution in [0.5, 0.6) is 0 Å². The summed E-state index contributed by atoms with van der Waals surface area (Å²) < 4.78 is 1.19. The van der Waals surface area contributed by atoms with E-state index < -0.39 is 0 Å². The molecule has 1 saturated heterocycles. The van der Waals surface area contributed by atoms with Gasteiger partial charge in [-0.2, -0.15) is 11.8 Å². The van der Waals surface area contributed by atoms with Crippen LogP contribution in [0, 0.1) is 5.92 Å². The molecule has 1 atom stereocenters. The summed E-state index contributed by atoms with van der Waals surface area (Å²) in [7, 11) is 0. The van der Waals surface area contributed by atoms with Crippen LogP contribution in [0.25, 0.3) is 0 Å². The maximum atomic E-state index is 11.5. The first kappa shape index (κ1) is 11.6. The fraction of sp³-hybridized carbons (Fsp3) is 0.889. The third-order valence-electron chi connectivity index (χ3n) is 2.16. The monoisotopic (exact) mass is 313 g/mol. The van der Waals surface area contributed by atoms with E-state index in [4.69, 9.17) is 0 Å². The fourth-order valence-corrected chi connectivity index (χ4v) is 3.08. The van der Waals surface area contributed by atoms with Gasteiger partial charge in [0.05, 0.1) is 0 Å². The van der Waals surface area contributed by atoms with Crippen LogP contribution in [-0.2, 0) is 4.79 Å². The summed E-state index contributed by atoms with van der Waals surface area (Å²) in [6, 6.07) is 0. The van der Waals surface area contributed by atoms with Crippen molar-refractivity contribution in [3.63, 3.8) is 0 Å². The Hall–Kier alpha value is 0.550. The number of halogens is 1. The Labute approximate surface area is 97.7 Å². The third-order valence-corrected chi connectivity index (χ3v) is 4.09. The average molecular weight is 313 g/mol. The molecule has 0 bridgehead atoms. The van der Waals surface area contributed by atoms with E-state index in [1.165, 1.54) is 10.8 Å².